The molecule has 0 radical (unpaired) electrons. The number of methoxy groups -OCH3 is 1. The van der Waals surface area contributed by atoms with Crippen molar-refractivity contribution in [3.8, 4) is 0 Å². The minimum atomic E-state index is 0.807. The molecule has 1 aliphatic rings. The molecular weight excluding hydrogens is 316 g/mol. The van der Waals surface area contributed by atoms with Gasteiger partial charge in [-0.1, -0.05) is 28.1 Å². The van der Waals surface area contributed by atoms with E-state index in [2.05, 4.69) is 50.4 Å². The van der Waals surface area contributed by atoms with Crippen molar-refractivity contribution < 1.29 is 4.74 Å². The summed E-state index contributed by atoms with van der Waals surface area (Å²) in [6.07, 6.45) is 2.60. The summed E-state index contributed by atoms with van der Waals surface area (Å²) >= 11 is 3.54. The highest BCUT2D eigenvalue weighted by atomic mass is 79.9. The predicted octanol–water partition coefficient (Wildman–Crippen LogP) is 2.90. The van der Waals surface area contributed by atoms with E-state index in [4.69, 9.17) is 4.74 Å². The van der Waals surface area contributed by atoms with Crippen LogP contribution in [0, 0.1) is 5.92 Å². The summed E-state index contributed by atoms with van der Waals surface area (Å²) in [5.41, 5.74) is 1.40. The number of halogens is 1. The van der Waals surface area contributed by atoms with Gasteiger partial charge in [-0.15, -0.1) is 0 Å². The lowest BCUT2D eigenvalue weighted by molar-refractivity contribution is 0.168. The van der Waals surface area contributed by atoms with E-state index in [-0.39, 0.29) is 0 Å². The molecule has 1 heterocycles. The van der Waals surface area contributed by atoms with Crippen molar-refractivity contribution in [2.24, 2.45) is 5.92 Å². The first-order valence-corrected chi connectivity index (χ1v) is 8.23. The van der Waals surface area contributed by atoms with Crippen LogP contribution in [0.5, 0.6) is 0 Å². The fourth-order valence-corrected chi connectivity index (χ4v) is 3.17. The molecule has 0 aromatic heterocycles. The molecule has 0 saturated carbocycles. The molecule has 1 fully saturated rings. The zero-order chi connectivity index (χ0) is 14.2. The molecule has 4 heteroatoms. The Morgan fingerprint density at radius 3 is 2.85 bits per heavy atom. The van der Waals surface area contributed by atoms with Crippen LogP contribution < -0.4 is 5.32 Å². The molecular formula is C16H25BrN2O. The third-order valence-corrected chi connectivity index (χ3v) is 4.41. The van der Waals surface area contributed by atoms with Crippen molar-refractivity contribution in [2.75, 3.05) is 39.9 Å². The highest BCUT2D eigenvalue weighted by molar-refractivity contribution is 9.10. The molecule has 0 amide bonds. The molecule has 112 valence electrons. The zero-order valence-corrected chi connectivity index (χ0v) is 13.9. The largest absolute Gasteiger partial charge is 0.383 e. The van der Waals surface area contributed by atoms with Gasteiger partial charge in [-0.2, -0.15) is 0 Å². The van der Waals surface area contributed by atoms with Crippen LogP contribution in [0.1, 0.15) is 18.4 Å². The number of ether oxygens (including phenoxy) is 1. The van der Waals surface area contributed by atoms with Gasteiger partial charge >= 0.3 is 0 Å². The second-order valence-corrected chi connectivity index (χ2v) is 6.46. The summed E-state index contributed by atoms with van der Waals surface area (Å²) in [4.78, 5) is 2.56. The number of rotatable bonds is 7. The monoisotopic (exact) mass is 340 g/mol. The van der Waals surface area contributed by atoms with Crippen molar-refractivity contribution in [1.29, 1.82) is 0 Å². The molecule has 0 atom stereocenters. The Kier molecular flexibility index (Phi) is 7.00. The summed E-state index contributed by atoms with van der Waals surface area (Å²) in [5, 5.41) is 3.48. The molecule has 1 aromatic rings. The number of nitrogens with zero attached hydrogens (tertiary/aromatic N) is 1. The van der Waals surface area contributed by atoms with Crippen LogP contribution in [0.2, 0.25) is 0 Å². The van der Waals surface area contributed by atoms with E-state index in [1.54, 1.807) is 7.11 Å². The molecule has 1 aliphatic heterocycles. The minimum Gasteiger partial charge on any atom is -0.383 e. The summed E-state index contributed by atoms with van der Waals surface area (Å²) in [7, 11) is 1.75. The number of nitrogens with one attached hydrogen (secondary N) is 1. The van der Waals surface area contributed by atoms with Crippen LogP contribution in [-0.2, 0) is 11.3 Å². The van der Waals surface area contributed by atoms with E-state index < -0.39 is 0 Å². The Labute approximate surface area is 130 Å². The molecule has 0 bridgehead atoms. The molecule has 3 nitrogen and oxygen atoms in total. The van der Waals surface area contributed by atoms with Crippen molar-refractivity contribution in [1.82, 2.24) is 10.2 Å². The van der Waals surface area contributed by atoms with Crippen LogP contribution in [0.25, 0.3) is 0 Å². The van der Waals surface area contributed by atoms with E-state index in [9.17, 15) is 0 Å². The Morgan fingerprint density at radius 1 is 1.35 bits per heavy atom. The first-order valence-electron chi connectivity index (χ1n) is 7.44. The Hall–Kier alpha value is -0.420. The lowest BCUT2D eigenvalue weighted by atomic mass is 9.96. The van der Waals surface area contributed by atoms with Gasteiger partial charge in [0.25, 0.3) is 0 Å². The standard InChI is InChI=1S/C16H25BrN2O/c1-20-10-7-18-12-14-5-8-19(9-6-14)13-15-3-2-4-16(17)11-15/h2-4,11,14,18H,5-10,12-13H2,1H3. The molecule has 0 aliphatic carbocycles. The SMILES string of the molecule is COCCNCC1CCN(Cc2cccc(Br)c2)CC1. The average molecular weight is 341 g/mol. The maximum absolute atomic E-state index is 5.05. The van der Waals surface area contributed by atoms with E-state index in [0.717, 1.165) is 32.2 Å². The smallest absolute Gasteiger partial charge is 0.0587 e. The lowest BCUT2D eigenvalue weighted by Gasteiger charge is -2.32. The Bertz CT molecular complexity index is 392. The van der Waals surface area contributed by atoms with Gasteiger partial charge in [0.15, 0.2) is 0 Å². The van der Waals surface area contributed by atoms with Crippen LogP contribution in [0.4, 0.5) is 0 Å². The number of likely N-dealkylation sites (tertiary alicyclic amines) is 1. The molecule has 1 N–H and O–H groups in total. The minimum absolute atomic E-state index is 0.807. The van der Waals surface area contributed by atoms with E-state index in [0.29, 0.717) is 0 Å². The normalized spacial score (nSPS) is 17.5. The molecule has 20 heavy (non-hydrogen) atoms. The second kappa shape index (κ2) is 8.78. The van der Waals surface area contributed by atoms with Gasteiger partial charge < -0.3 is 10.1 Å². The highest BCUT2D eigenvalue weighted by Crippen LogP contribution is 2.19. The molecule has 1 saturated heterocycles. The number of piperidine rings is 1. The van der Waals surface area contributed by atoms with Crippen molar-refractivity contribution >= 4 is 15.9 Å². The van der Waals surface area contributed by atoms with Gasteiger partial charge in [0.1, 0.15) is 0 Å². The molecule has 0 spiro atoms. The lowest BCUT2D eigenvalue weighted by Crippen LogP contribution is -2.37. The summed E-state index contributed by atoms with van der Waals surface area (Å²) in [6.45, 7) is 6.40. The fraction of sp³-hybridized carbons (Fsp3) is 0.625. The van der Waals surface area contributed by atoms with Gasteiger partial charge in [0, 0.05) is 24.7 Å². The van der Waals surface area contributed by atoms with Gasteiger partial charge in [-0.3, -0.25) is 4.90 Å². The zero-order valence-electron chi connectivity index (χ0n) is 12.3. The first-order chi connectivity index (χ1) is 9.78. The molecule has 1 aromatic carbocycles. The quantitative estimate of drug-likeness (QED) is 0.772. The van der Waals surface area contributed by atoms with Crippen LogP contribution in [0.3, 0.4) is 0 Å². The Balaban J connectivity index is 1.66. The maximum atomic E-state index is 5.05. The second-order valence-electron chi connectivity index (χ2n) is 5.55. The topological polar surface area (TPSA) is 24.5 Å². The third kappa shape index (κ3) is 5.52. The van der Waals surface area contributed by atoms with Crippen LogP contribution in [-0.4, -0.2) is 44.8 Å². The van der Waals surface area contributed by atoms with Gasteiger partial charge in [0.05, 0.1) is 6.61 Å². The van der Waals surface area contributed by atoms with Crippen molar-refractivity contribution in [3.63, 3.8) is 0 Å². The third-order valence-electron chi connectivity index (χ3n) is 3.92. The van der Waals surface area contributed by atoms with Crippen LogP contribution >= 0.6 is 15.9 Å². The number of hydrogen-bond acceptors (Lipinski definition) is 3. The summed E-state index contributed by atoms with van der Waals surface area (Å²) < 4.78 is 6.22. The van der Waals surface area contributed by atoms with Gasteiger partial charge in [-0.05, 0) is 56.1 Å². The summed E-state index contributed by atoms with van der Waals surface area (Å²) in [6, 6.07) is 8.63. The highest BCUT2D eigenvalue weighted by Gasteiger charge is 2.18. The fourth-order valence-electron chi connectivity index (χ4n) is 2.72. The predicted molar refractivity (Wildman–Crippen MR) is 86.9 cm³/mol. The maximum Gasteiger partial charge on any atom is 0.0587 e. The van der Waals surface area contributed by atoms with Gasteiger partial charge in [0.2, 0.25) is 0 Å². The first kappa shape index (κ1) is 16.0. The summed E-state index contributed by atoms with van der Waals surface area (Å²) in [5.74, 6) is 0.825. The number of benzene rings is 1. The van der Waals surface area contributed by atoms with Crippen molar-refractivity contribution in [3.05, 3.63) is 34.3 Å². The average Bonchev–Trinajstić information content (AvgIpc) is 2.45. The van der Waals surface area contributed by atoms with E-state index in [1.807, 2.05) is 0 Å². The van der Waals surface area contributed by atoms with Crippen LogP contribution in [0.15, 0.2) is 28.7 Å². The Morgan fingerprint density at radius 2 is 2.15 bits per heavy atom. The van der Waals surface area contributed by atoms with E-state index in [1.165, 1.54) is 36.0 Å². The number of hydrogen-bond donors (Lipinski definition) is 1. The molecule has 2 rings (SSSR count). The van der Waals surface area contributed by atoms with Gasteiger partial charge in [-0.25, -0.2) is 0 Å². The van der Waals surface area contributed by atoms with Crippen molar-refractivity contribution in [2.45, 2.75) is 19.4 Å². The molecule has 0 unspecified atom stereocenters. The van der Waals surface area contributed by atoms with E-state index >= 15 is 0 Å².